The highest BCUT2D eigenvalue weighted by Gasteiger charge is 2.23. The highest BCUT2D eigenvalue weighted by molar-refractivity contribution is 5.85. The summed E-state index contributed by atoms with van der Waals surface area (Å²) in [5, 5.41) is 8.96. The zero-order valence-electron chi connectivity index (χ0n) is 13.9. The van der Waals surface area contributed by atoms with E-state index in [-0.39, 0.29) is 35.8 Å². The van der Waals surface area contributed by atoms with Gasteiger partial charge in [-0.15, -0.1) is 12.4 Å². The molecule has 1 aliphatic heterocycles. The Morgan fingerprint density at radius 1 is 1.22 bits per heavy atom. The predicted octanol–water partition coefficient (Wildman–Crippen LogP) is 1.54. The summed E-state index contributed by atoms with van der Waals surface area (Å²) in [6, 6.07) is 7.92. The number of benzene rings is 1. The van der Waals surface area contributed by atoms with E-state index >= 15 is 0 Å². The van der Waals surface area contributed by atoms with Crippen molar-refractivity contribution in [2.24, 2.45) is 0 Å². The minimum absolute atomic E-state index is 0. The number of nitrogens with one attached hydrogen (secondary N) is 3. The van der Waals surface area contributed by atoms with E-state index in [1.54, 1.807) is 0 Å². The van der Waals surface area contributed by atoms with Gasteiger partial charge in [-0.25, -0.2) is 0 Å². The van der Waals surface area contributed by atoms with Gasteiger partial charge in [0, 0.05) is 25.0 Å². The lowest BCUT2D eigenvalue weighted by Gasteiger charge is -2.25. The Hall–Kier alpha value is -1.59. The molecule has 0 bridgehead atoms. The fourth-order valence-electron chi connectivity index (χ4n) is 2.54. The van der Waals surface area contributed by atoms with E-state index in [0.29, 0.717) is 25.9 Å². The Labute approximate surface area is 144 Å². The minimum atomic E-state index is -0.240. The van der Waals surface area contributed by atoms with Crippen molar-refractivity contribution in [2.45, 2.75) is 51.7 Å². The molecule has 2 rings (SSSR count). The largest absolute Gasteiger partial charge is 0.354 e. The second-order valence-electron chi connectivity index (χ2n) is 6.75. The smallest absolute Gasteiger partial charge is 0.237 e. The molecule has 1 aromatic rings. The van der Waals surface area contributed by atoms with Crippen LogP contribution in [-0.2, 0) is 22.6 Å². The molecule has 1 aromatic carbocycles. The van der Waals surface area contributed by atoms with Crippen LogP contribution in [0.1, 0.15) is 38.3 Å². The van der Waals surface area contributed by atoms with Crippen molar-refractivity contribution in [1.29, 1.82) is 0 Å². The molecule has 0 aromatic heterocycles. The van der Waals surface area contributed by atoms with Gasteiger partial charge in [0.2, 0.25) is 11.8 Å². The molecular weight excluding hydrogens is 314 g/mol. The van der Waals surface area contributed by atoms with Crippen LogP contribution in [0.3, 0.4) is 0 Å². The average Bonchev–Trinajstić information content (AvgIpc) is 2.44. The Bertz CT molecular complexity index is 555. The van der Waals surface area contributed by atoms with Gasteiger partial charge in [0.25, 0.3) is 0 Å². The number of halogens is 1. The molecule has 0 fully saturated rings. The SMILES string of the molecule is CC(C)(C)NC(=O)CCNC(=O)C1Cc2ccccc2CN1.Cl. The number of hydrogen-bond acceptors (Lipinski definition) is 3. The van der Waals surface area contributed by atoms with E-state index in [9.17, 15) is 9.59 Å². The lowest BCUT2D eigenvalue weighted by Crippen LogP contribution is -2.48. The molecule has 128 valence electrons. The van der Waals surface area contributed by atoms with Gasteiger partial charge in [-0.1, -0.05) is 24.3 Å². The number of carbonyl (C=O) groups is 2. The number of rotatable bonds is 4. The first kappa shape index (κ1) is 19.5. The Morgan fingerprint density at radius 3 is 2.52 bits per heavy atom. The second kappa shape index (κ2) is 8.31. The molecule has 3 N–H and O–H groups in total. The highest BCUT2D eigenvalue weighted by atomic mass is 35.5. The molecular formula is C17H26ClN3O2. The number of carbonyl (C=O) groups excluding carboxylic acids is 2. The molecule has 0 aliphatic carbocycles. The fourth-order valence-corrected chi connectivity index (χ4v) is 2.54. The molecule has 0 spiro atoms. The van der Waals surface area contributed by atoms with Crippen molar-refractivity contribution in [1.82, 2.24) is 16.0 Å². The van der Waals surface area contributed by atoms with E-state index in [1.165, 1.54) is 11.1 Å². The van der Waals surface area contributed by atoms with Crippen LogP contribution in [0, 0.1) is 0 Å². The Kier molecular flexibility index (Phi) is 7.03. The van der Waals surface area contributed by atoms with Crippen molar-refractivity contribution in [3.63, 3.8) is 0 Å². The fraction of sp³-hybridized carbons (Fsp3) is 0.529. The zero-order valence-corrected chi connectivity index (χ0v) is 14.8. The van der Waals surface area contributed by atoms with Crippen molar-refractivity contribution in [3.05, 3.63) is 35.4 Å². The number of hydrogen-bond donors (Lipinski definition) is 3. The molecule has 5 nitrogen and oxygen atoms in total. The number of amides is 2. The normalized spacial score (nSPS) is 16.7. The molecule has 6 heteroatoms. The van der Waals surface area contributed by atoms with Gasteiger partial charge in [-0.2, -0.15) is 0 Å². The van der Waals surface area contributed by atoms with Gasteiger partial charge in [0.1, 0.15) is 0 Å². The van der Waals surface area contributed by atoms with Gasteiger partial charge in [0.05, 0.1) is 6.04 Å². The van der Waals surface area contributed by atoms with E-state index in [0.717, 1.165) is 0 Å². The summed E-state index contributed by atoms with van der Waals surface area (Å²) in [5.41, 5.74) is 2.22. The molecule has 1 heterocycles. The lowest BCUT2D eigenvalue weighted by molar-refractivity contribution is -0.124. The maximum Gasteiger partial charge on any atom is 0.237 e. The summed E-state index contributed by atoms with van der Waals surface area (Å²) >= 11 is 0. The molecule has 23 heavy (non-hydrogen) atoms. The van der Waals surface area contributed by atoms with Crippen LogP contribution in [0.4, 0.5) is 0 Å². The van der Waals surface area contributed by atoms with Crippen LogP contribution >= 0.6 is 12.4 Å². The molecule has 1 atom stereocenters. The molecule has 1 unspecified atom stereocenters. The van der Waals surface area contributed by atoms with Crippen molar-refractivity contribution in [2.75, 3.05) is 6.54 Å². The average molecular weight is 340 g/mol. The van der Waals surface area contributed by atoms with Crippen LogP contribution < -0.4 is 16.0 Å². The first-order valence-electron chi connectivity index (χ1n) is 7.74. The van der Waals surface area contributed by atoms with Gasteiger partial charge in [-0.3, -0.25) is 9.59 Å². The van der Waals surface area contributed by atoms with Gasteiger partial charge >= 0.3 is 0 Å². The van der Waals surface area contributed by atoms with Crippen LogP contribution in [0.25, 0.3) is 0 Å². The van der Waals surface area contributed by atoms with Gasteiger partial charge in [0.15, 0.2) is 0 Å². The minimum Gasteiger partial charge on any atom is -0.354 e. The Morgan fingerprint density at radius 2 is 1.87 bits per heavy atom. The summed E-state index contributed by atoms with van der Waals surface area (Å²) in [5.74, 6) is -0.0900. The standard InChI is InChI=1S/C17H25N3O2.ClH/c1-17(2,3)20-15(21)8-9-18-16(22)14-10-12-6-4-5-7-13(12)11-19-14;/h4-7,14,19H,8-11H2,1-3H3,(H,18,22)(H,20,21);1H. The third-order valence-corrected chi connectivity index (χ3v) is 3.56. The summed E-state index contributed by atoms with van der Waals surface area (Å²) in [4.78, 5) is 23.9. The molecule has 2 amide bonds. The van der Waals surface area contributed by atoms with E-state index in [4.69, 9.17) is 0 Å². The summed E-state index contributed by atoms with van der Waals surface area (Å²) < 4.78 is 0. The lowest BCUT2D eigenvalue weighted by atomic mass is 9.95. The topological polar surface area (TPSA) is 70.2 Å². The predicted molar refractivity (Wildman–Crippen MR) is 93.5 cm³/mol. The van der Waals surface area contributed by atoms with Crippen molar-refractivity contribution >= 4 is 24.2 Å². The van der Waals surface area contributed by atoms with Gasteiger partial charge in [-0.05, 0) is 38.3 Å². The maximum absolute atomic E-state index is 12.2. The zero-order chi connectivity index (χ0) is 16.2. The maximum atomic E-state index is 12.2. The first-order valence-corrected chi connectivity index (χ1v) is 7.74. The second-order valence-corrected chi connectivity index (χ2v) is 6.75. The van der Waals surface area contributed by atoms with Crippen LogP contribution in [-0.4, -0.2) is 29.9 Å². The van der Waals surface area contributed by atoms with Crippen molar-refractivity contribution < 1.29 is 9.59 Å². The summed E-state index contributed by atoms with van der Waals surface area (Å²) in [6.07, 6.45) is 0.989. The van der Waals surface area contributed by atoms with Crippen molar-refractivity contribution in [3.8, 4) is 0 Å². The third-order valence-electron chi connectivity index (χ3n) is 3.56. The first-order chi connectivity index (χ1) is 10.3. The van der Waals surface area contributed by atoms with E-state index in [1.807, 2.05) is 32.9 Å². The van der Waals surface area contributed by atoms with Gasteiger partial charge < -0.3 is 16.0 Å². The Balaban J connectivity index is 0.00000264. The third kappa shape index (κ3) is 6.20. The molecule has 0 saturated carbocycles. The summed E-state index contributed by atoms with van der Waals surface area (Å²) in [7, 11) is 0. The molecule has 0 saturated heterocycles. The van der Waals surface area contributed by atoms with Crippen LogP contribution in [0.5, 0.6) is 0 Å². The monoisotopic (exact) mass is 339 g/mol. The van der Waals surface area contributed by atoms with E-state index < -0.39 is 0 Å². The molecule has 0 radical (unpaired) electrons. The molecule has 1 aliphatic rings. The number of fused-ring (bicyclic) bond motifs is 1. The van der Waals surface area contributed by atoms with Crippen LogP contribution in [0.15, 0.2) is 24.3 Å². The highest BCUT2D eigenvalue weighted by Crippen LogP contribution is 2.16. The van der Waals surface area contributed by atoms with E-state index in [2.05, 4.69) is 28.1 Å². The van der Waals surface area contributed by atoms with Crippen LogP contribution in [0.2, 0.25) is 0 Å². The summed E-state index contributed by atoms with van der Waals surface area (Å²) in [6.45, 7) is 6.88. The quantitative estimate of drug-likeness (QED) is 0.779.